The Kier molecular flexibility index (Phi) is 4.93. The summed E-state index contributed by atoms with van der Waals surface area (Å²) in [6, 6.07) is 9.89. The average molecular weight is 326 g/mol. The van der Waals surface area contributed by atoms with Gasteiger partial charge in [-0.15, -0.1) is 0 Å². The maximum absolute atomic E-state index is 11.8. The summed E-state index contributed by atoms with van der Waals surface area (Å²) >= 11 is 0. The molecular weight excluding hydrogens is 304 g/mol. The van der Waals surface area contributed by atoms with Gasteiger partial charge in [0, 0.05) is 18.9 Å². The van der Waals surface area contributed by atoms with Gasteiger partial charge in [0.2, 0.25) is 11.8 Å². The van der Waals surface area contributed by atoms with E-state index in [4.69, 9.17) is 0 Å². The normalized spacial score (nSPS) is 18.9. The van der Waals surface area contributed by atoms with Crippen LogP contribution >= 0.6 is 0 Å². The first kappa shape index (κ1) is 16.2. The molecule has 0 aliphatic heterocycles. The molecule has 1 aliphatic rings. The molecule has 3 rings (SSSR count). The van der Waals surface area contributed by atoms with E-state index >= 15 is 0 Å². The Morgan fingerprint density at radius 3 is 2.71 bits per heavy atom. The number of hydrogen-bond donors (Lipinski definition) is 3. The molecule has 126 valence electrons. The SMILES string of the molecule is C[C@@H]1C[C@@H]1C(=O)NCCC(=O)NCc1ncc(-c2ccccc2)[nH]1. The number of rotatable bonds is 7. The second-order valence-electron chi connectivity index (χ2n) is 6.25. The van der Waals surface area contributed by atoms with Crippen LogP contribution in [-0.4, -0.2) is 28.3 Å². The Labute approximate surface area is 141 Å². The van der Waals surface area contributed by atoms with Crippen molar-refractivity contribution in [3.8, 4) is 11.3 Å². The molecule has 0 saturated heterocycles. The van der Waals surface area contributed by atoms with E-state index in [0.29, 0.717) is 24.8 Å². The Morgan fingerprint density at radius 2 is 2.00 bits per heavy atom. The van der Waals surface area contributed by atoms with Crippen molar-refractivity contribution in [2.75, 3.05) is 6.54 Å². The summed E-state index contributed by atoms with van der Waals surface area (Å²) in [7, 11) is 0. The minimum absolute atomic E-state index is 0.0637. The number of H-pyrrole nitrogens is 1. The van der Waals surface area contributed by atoms with Crippen LogP contribution in [0.25, 0.3) is 11.3 Å². The lowest BCUT2D eigenvalue weighted by atomic mass is 10.2. The van der Waals surface area contributed by atoms with Crippen LogP contribution in [0.15, 0.2) is 36.5 Å². The minimum Gasteiger partial charge on any atom is -0.355 e. The van der Waals surface area contributed by atoms with E-state index in [-0.39, 0.29) is 24.2 Å². The maximum atomic E-state index is 11.8. The van der Waals surface area contributed by atoms with Crippen molar-refractivity contribution in [3.05, 3.63) is 42.4 Å². The molecule has 3 N–H and O–H groups in total. The van der Waals surface area contributed by atoms with Gasteiger partial charge in [-0.2, -0.15) is 0 Å². The topological polar surface area (TPSA) is 86.9 Å². The van der Waals surface area contributed by atoms with Crippen LogP contribution in [0, 0.1) is 11.8 Å². The predicted molar refractivity (Wildman–Crippen MR) is 90.8 cm³/mol. The van der Waals surface area contributed by atoms with Crippen molar-refractivity contribution in [2.45, 2.75) is 26.3 Å². The largest absolute Gasteiger partial charge is 0.355 e. The summed E-state index contributed by atoms with van der Waals surface area (Å²) < 4.78 is 0. The van der Waals surface area contributed by atoms with Crippen LogP contribution < -0.4 is 10.6 Å². The molecule has 0 spiro atoms. The molecular formula is C18H22N4O2. The third-order valence-corrected chi connectivity index (χ3v) is 4.26. The fraction of sp³-hybridized carbons (Fsp3) is 0.389. The van der Waals surface area contributed by atoms with Gasteiger partial charge >= 0.3 is 0 Å². The summed E-state index contributed by atoms with van der Waals surface area (Å²) in [5.74, 6) is 1.30. The molecule has 1 aromatic carbocycles. The zero-order chi connectivity index (χ0) is 16.9. The van der Waals surface area contributed by atoms with Crippen LogP contribution in [0.1, 0.15) is 25.6 Å². The summed E-state index contributed by atoms with van der Waals surface area (Å²) in [5, 5.41) is 5.61. The van der Waals surface area contributed by atoms with Gasteiger partial charge in [-0.3, -0.25) is 9.59 Å². The first-order chi connectivity index (χ1) is 11.6. The molecule has 24 heavy (non-hydrogen) atoms. The third kappa shape index (κ3) is 4.22. The third-order valence-electron chi connectivity index (χ3n) is 4.26. The molecule has 1 aromatic heterocycles. The highest BCUT2D eigenvalue weighted by atomic mass is 16.2. The van der Waals surface area contributed by atoms with Gasteiger partial charge in [-0.05, 0) is 17.9 Å². The van der Waals surface area contributed by atoms with Gasteiger partial charge in [0.05, 0.1) is 18.4 Å². The predicted octanol–water partition coefficient (Wildman–Crippen LogP) is 1.86. The van der Waals surface area contributed by atoms with Gasteiger partial charge in [0.15, 0.2) is 0 Å². The molecule has 2 amide bonds. The van der Waals surface area contributed by atoms with E-state index in [1.165, 1.54) is 0 Å². The average Bonchev–Trinajstić information content (AvgIpc) is 3.14. The maximum Gasteiger partial charge on any atom is 0.223 e. The van der Waals surface area contributed by atoms with Gasteiger partial charge < -0.3 is 15.6 Å². The smallest absolute Gasteiger partial charge is 0.223 e. The van der Waals surface area contributed by atoms with Gasteiger partial charge in [-0.1, -0.05) is 37.3 Å². The highest BCUT2D eigenvalue weighted by molar-refractivity contribution is 5.82. The fourth-order valence-corrected chi connectivity index (χ4v) is 2.61. The number of imidazole rings is 1. The quantitative estimate of drug-likeness (QED) is 0.726. The summed E-state index contributed by atoms with van der Waals surface area (Å²) in [4.78, 5) is 30.9. The van der Waals surface area contributed by atoms with Crippen molar-refractivity contribution < 1.29 is 9.59 Å². The van der Waals surface area contributed by atoms with Crippen LogP contribution in [0.5, 0.6) is 0 Å². The molecule has 1 fully saturated rings. The monoisotopic (exact) mass is 326 g/mol. The number of aromatic amines is 1. The molecule has 0 radical (unpaired) electrons. The molecule has 1 saturated carbocycles. The Bertz CT molecular complexity index is 711. The van der Waals surface area contributed by atoms with E-state index in [1.807, 2.05) is 30.3 Å². The van der Waals surface area contributed by atoms with Crippen molar-refractivity contribution in [3.63, 3.8) is 0 Å². The van der Waals surface area contributed by atoms with Crippen molar-refractivity contribution in [1.82, 2.24) is 20.6 Å². The number of hydrogen-bond acceptors (Lipinski definition) is 3. The zero-order valence-electron chi connectivity index (χ0n) is 13.7. The van der Waals surface area contributed by atoms with Crippen LogP contribution in [-0.2, 0) is 16.1 Å². The molecule has 6 nitrogen and oxygen atoms in total. The highest BCUT2D eigenvalue weighted by Gasteiger charge is 2.38. The van der Waals surface area contributed by atoms with Gasteiger partial charge in [-0.25, -0.2) is 4.98 Å². The summed E-state index contributed by atoms with van der Waals surface area (Å²) in [6.45, 7) is 2.78. The summed E-state index contributed by atoms with van der Waals surface area (Å²) in [5.41, 5.74) is 1.98. The second kappa shape index (κ2) is 7.29. The van der Waals surface area contributed by atoms with Gasteiger partial charge in [0.25, 0.3) is 0 Å². The number of amides is 2. The number of nitrogens with one attached hydrogen (secondary N) is 3. The number of carbonyl (C=O) groups is 2. The van der Waals surface area contributed by atoms with Crippen molar-refractivity contribution in [1.29, 1.82) is 0 Å². The van der Waals surface area contributed by atoms with Crippen molar-refractivity contribution >= 4 is 11.8 Å². The molecule has 2 aromatic rings. The molecule has 0 bridgehead atoms. The Hall–Kier alpha value is -2.63. The van der Waals surface area contributed by atoms with Crippen molar-refractivity contribution in [2.24, 2.45) is 11.8 Å². The van der Waals surface area contributed by atoms with Gasteiger partial charge in [0.1, 0.15) is 5.82 Å². The molecule has 1 heterocycles. The van der Waals surface area contributed by atoms with Crippen LogP contribution in [0.4, 0.5) is 0 Å². The minimum atomic E-state index is -0.100. The second-order valence-corrected chi connectivity index (χ2v) is 6.25. The number of carbonyl (C=O) groups excluding carboxylic acids is 2. The van der Waals surface area contributed by atoms with E-state index in [9.17, 15) is 9.59 Å². The number of benzene rings is 1. The van der Waals surface area contributed by atoms with Crippen LogP contribution in [0.3, 0.4) is 0 Å². The fourth-order valence-electron chi connectivity index (χ4n) is 2.61. The highest BCUT2D eigenvalue weighted by Crippen LogP contribution is 2.37. The lowest BCUT2D eigenvalue weighted by molar-refractivity contribution is -0.123. The standard InChI is InChI=1S/C18H22N4O2/c1-12-9-14(12)18(24)19-8-7-17(23)21-11-16-20-10-15(22-16)13-5-3-2-4-6-13/h2-6,10,12,14H,7-9,11H2,1H3,(H,19,24)(H,20,22)(H,21,23)/t12-,14+/m1/s1. The molecule has 6 heteroatoms. The van der Waals surface area contributed by atoms with E-state index in [1.54, 1.807) is 6.20 Å². The molecule has 0 unspecified atom stereocenters. The number of nitrogens with zero attached hydrogens (tertiary/aromatic N) is 1. The first-order valence-corrected chi connectivity index (χ1v) is 8.27. The lowest BCUT2D eigenvalue weighted by Gasteiger charge is -2.05. The molecule has 1 aliphatic carbocycles. The zero-order valence-corrected chi connectivity index (χ0v) is 13.7. The van der Waals surface area contributed by atoms with E-state index in [0.717, 1.165) is 17.7 Å². The van der Waals surface area contributed by atoms with E-state index in [2.05, 4.69) is 27.5 Å². The van der Waals surface area contributed by atoms with E-state index < -0.39 is 0 Å². The number of aromatic nitrogens is 2. The first-order valence-electron chi connectivity index (χ1n) is 8.27. The lowest BCUT2D eigenvalue weighted by Crippen LogP contribution is -2.31. The summed E-state index contributed by atoms with van der Waals surface area (Å²) in [6.07, 6.45) is 2.99. The van der Waals surface area contributed by atoms with Crippen LogP contribution in [0.2, 0.25) is 0 Å². The Balaban J connectivity index is 1.38. The Morgan fingerprint density at radius 1 is 1.25 bits per heavy atom. The molecule has 2 atom stereocenters.